The molecule has 0 unspecified atom stereocenters. The van der Waals surface area contributed by atoms with Gasteiger partial charge < -0.3 is 9.64 Å². The van der Waals surface area contributed by atoms with Crippen LogP contribution in [0.25, 0.3) is 22.2 Å². The minimum atomic E-state index is -3.12. The van der Waals surface area contributed by atoms with Gasteiger partial charge in [0, 0.05) is 66.7 Å². The number of nitrogens with zero attached hydrogens (tertiary/aromatic N) is 5. The number of sulfonamides is 1. The van der Waals surface area contributed by atoms with E-state index >= 15 is 0 Å². The first-order valence-electron chi connectivity index (χ1n) is 12.5. The van der Waals surface area contributed by atoms with Crippen molar-refractivity contribution in [2.45, 2.75) is 19.1 Å². The molecule has 0 bridgehead atoms. The molecule has 2 aliphatic heterocycles. The van der Waals surface area contributed by atoms with Gasteiger partial charge in [-0.3, -0.25) is 15.8 Å². The minimum Gasteiger partial charge on any atom is -0.471 e. The molecule has 2 saturated heterocycles. The molecule has 13 heteroatoms. The molecule has 0 aliphatic carbocycles. The number of nitrogens with one attached hydrogen (secondary N) is 1. The molecule has 2 aliphatic rings. The zero-order valence-electron chi connectivity index (χ0n) is 21.1. The quantitative estimate of drug-likeness (QED) is 0.320. The van der Waals surface area contributed by atoms with Crippen molar-refractivity contribution >= 4 is 49.9 Å². The fourth-order valence-electron chi connectivity index (χ4n) is 5.43. The molecule has 2 fully saturated rings. The van der Waals surface area contributed by atoms with Crippen molar-refractivity contribution in [1.82, 2.24) is 24.5 Å². The van der Waals surface area contributed by atoms with Gasteiger partial charge in [-0.2, -0.15) is 5.10 Å². The molecular formula is C26H27Cl2N7O3S. The summed E-state index contributed by atoms with van der Waals surface area (Å²) in [6.45, 7) is 2.94. The lowest BCUT2D eigenvalue weighted by Gasteiger charge is -2.54. The topological polar surface area (TPSA) is 130 Å². The third kappa shape index (κ3) is 5.05. The number of benzene rings is 1. The van der Waals surface area contributed by atoms with E-state index in [1.807, 2.05) is 30.5 Å². The van der Waals surface area contributed by atoms with E-state index in [9.17, 15) is 8.42 Å². The van der Waals surface area contributed by atoms with E-state index in [2.05, 4.69) is 20.1 Å². The van der Waals surface area contributed by atoms with Crippen LogP contribution in [0.3, 0.4) is 0 Å². The number of rotatable bonds is 6. The molecule has 204 valence electrons. The highest BCUT2D eigenvalue weighted by Crippen LogP contribution is 2.43. The van der Waals surface area contributed by atoms with E-state index in [0.29, 0.717) is 34.4 Å². The Labute approximate surface area is 236 Å². The Bertz CT molecular complexity index is 1610. The molecule has 1 atom stereocenters. The Morgan fingerprint density at radius 3 is 2.44 bits per heavy atom. The van der Waals surface area contributed by atoms with E-state index < -0.39 is 16.3 Å². The predicted molar refractivity (Wildman–Crippen MR) is 151 cm³/mol. The summed E-state index contributed by atoms with van der Waals surface area (Å²) >= 11 is 12.5. The summed E-state index contributed by atoms with van der Waals surface area (Å²) in [5.74, 6) is 1.44. The fourth-order valence-corrected chi connectivity index (χ4v) is 6.86. The van der Waals surface area contributed by atoms with Crippen LogP contribution in [0, 0.1) is 5.41 Å². The first-order chi connectivity index (χ1) is 18.6. The van der Waals surface area contributed by atoms with Gasteiger partial charge in [0.05, 0.1) is 21.8 Å². The van der Waals surface area contributed by atoms with Crippen molar-refractivity contribution in [3.05, 3.63) is 64.5 Å². The molecule has 3 N–H and O–H groups in total. The van der Waals surface area contributed by atoms with Gasteiger partial charge in [-0.15, -0.1) is 0 Å². The number of H-pyrrole nitrogens is 1. The molecule has 3 aromatic heterocycles. The first-order valence-corrected chi connectivity index (χ1v) is 15.1. The molecule has 0 saturated carbocycles. The maximum Gasteiger partial charge on any atom is 0.211 e. The molecule has 39 heavy (non-hydrogen) atoms. The van der Waals surface area contributed by atoms with Gasteiger partial charge in [-0.05, 0) is 43.2 Å². The van der Waals surface area contributed by atoms with Crippen molar-refractivity contribution in [3.63, 3.8) is 0 Å². The number of piperidine rings is 1. The van der Waals surface area contributed by atoms with Crippen LogP contribution in [0.5, 0.6) is 5.75 Å². The smallest absolute Gasteiger partial charge is 0.211 e. The highest BCUT2D eigenvalue weighted by molar-refractivity contribution is 7.88. The van der Waals surface area contributed by atoms with Gasteiger partial charge in [0.1, 0.15) is 17.3 Å². The second-order valence-electron chi connectivity index (χ2n) is 10.3. The number of aromatic amines is 1. The molecule has 1 spiro atoms. The molecule has 6 rings (SSSR count). The molecule has 0 amide bonds. The van der Waals surface area contributed by atoms with Gasteiger partial charge >= 0.3 is 0 Å². The van der Waals surface area contributed by atoms with Crippen LogP contribution in [0.2, 0.25) is 10.0 Å². The zero-order chi connectivity index (χ0) is 27.4. The van der Waals surface area contributed by atoms with E-state index in [1.54, 1.807) is 10.4 Å². The SMILES string of the molecule is CS(=O)(=O)N1CCC2(CC1)CN(c1ccc(-c3n[nH]c4ccc(O[C@H](N)c5c(Cl)cncc5Cl)cc34)cn1)C2. The number of anilines is 1. The minimum absolute atomic E-state index is 0.169. The van der Waals surface area contributed by atoms with Crippen molar-refractivity contribution in [2.75, 3.05) is 37.3 Å². The number of aromatic nitrogens is 4. The summed E-state index contributed by atoms with van der Waals surface area (Å²) in [4.78, 5) is 10.9. The highest BCUT2D eigenvalue weighted by Gasteiger charge is 2.46. The summed E-state index contributed by atoms with van der Waals surface area (Å²) in [7, 11) is -3.12. The van der Waals surface area contributed by atoms with E-state index in [4.69, 9.17) is 38.7 Å². The van der Waals surface area contributed by atoms with Crippen LogP contribution in [0.15, 0.2) is 48.9 Å². The van der Waals surface area contributed by atoms with Crippen molar-refractivity contribution in [3.8, 4) is 17.0 Å². The van der Waals surface area contributed by atoms with Crippen molar-refractivity contribution in [1.29, 1.82) is 0 Å². The normalized spacial score (nSPS) is 18.3. The largest absolute Gasteiger partial charge is 0.471 e. The Morgan fingerprint density at radius 2 is 1.79 bits per heavy atom. The number of ether oxygens (including phenoxy) is 1. The van der Waals surface area contributed by atoms with Crippen LogP contribution in [-0.4, -0.2) is 65.3 Å². The maximum absolute atomic E-state index is 11.8. The van der Waals surface area contributed by atoms with Gasteiger partial charge in [0.15, 0.2) is 6.23 Å². The lowest BCUT2D eigenvalue weighted by Crippen LogP contribution is -2.61. The van der Waals surface area contributed by atoms with Crippen LogP contribution in [0.1, 0.15) is 24.6 Å². The van der Waals surface area contributed by atoms with Crippen LogP contribution < -0.4 is 15.4 Å². The molecule has 1 aromatic carbocycles. The van der Waals surface area contributed by atoms with Crippen molar-refractivity contribution < 1.29 is 13.2 Å². The Balaban J connectivity index is 1.15. The number of nitrogens with two attached hydrogens (primary N) is 1. The lowest BCUT2D eigenvalue weighted by atomic mass is 9.72. The molecular weight excluding hydrogens is 561 g/mol. The average Bonchev–Trinajstić information content (AvgIpc) is 3.30. The van der Waals surface area contributed by atoms with Gasteiger partial charge in [0.2, 0.25) is 10.0 Å². The number of hydrogen-bond acceptors (Lipinski definition) is 8. The molecule has 4 aromatic rings. The highest BCUT2D eigenvalue weighted by atomic mass is 35.5. The van der Waals surface area contributed by atoms with Gasteiger partial charge in [-0.1, -0.05) is 23.2 Å². The molecule has 0 radical (unpaired) electrons. The Kier molecular flexibility index (Phi) is 6.67. The summed E-state index contributed by atoms with van der Waals surface area (Å²) in [6.07, 6.45) is 6.92. The second-order valence-corrected chi connectivity index (χ2v) is 13.1. The van der Waals surface area contributed by atoms with Gasteiger partial charge in [0.25, 0.3) is 0 Å². The number of halogens is 2. The number of pyridine rings is 2. The molecule has 10 nitrogen and oxygen atoms in total. The lowest BCUT2D eigenvalue weighted by molar-refractivity contribution is 0.114. The first kappa shape index (κ1) is 26.3. The van der Waals surface area contributed by atoms with E-state index in [-0.39, 0.29) is 5.41 Å². The van der Waals surface area contributed by atoms with Gasteiger partial charge in [-0.25, -0.2) is 17.7 Å². The number of hydrogen-bond donors (Lipinski definition) is 2. The third-order valence-electron chi connectivity index (χ3n) is 7.62. The average molecular weight is 589 g/mol. The van der Waals surface area contributed by atoms with Crippen LogP contribution in [-0.2, 0) is 10.0 Å². The second kappa shape index (κ2) is 9.90. The number of fused-ring (bicyclic) bond motifs is 1. The Morgan fingerprint density at radius 1 is 1.08 bits per heavy atom. The summed E-state index contributed by atoms with van der Waals surface area (Å²) < 4.78 is 31.2. The summed E-state index contributed by atoms with van der Waals surface area (Å²) in [5.41, 5.74) is 9.35. The molecule has 5 heterocycles. The van der Waals surface area contributed by atoms with Crippen molar-refractivity contribution in [2.24, 2.45) is 11.1 Å². The monoisotopic (exact) mass is 587 g/mol. The zero-order valence-corrected chi connectivity index (χ0v) is 23.5. The fraction of sp³-hybridized carbons (Fsp3) is 0.346. The van der Waals surface area contributed by atoms with Crippen LogP contribution in [0.4, 0.5) is 5.82 Å². The third-order valence-corrected chi connectivity index (χ3v) is 9.53. The predicted octanol–water partition coefficient (Wildman–Crippen LogP) is 4.22. The van der Waals surface area contributed by atoms with E-state index in [1.165, 1.54) is 18.6 Å². The Hall–Kier alpha value is -2.96. The van der Waals surface area contributed by atoms with Crippen LogP contribution >= 0.6 is 23.2 Å². The standard InChI is InChI=1S/C26H27Cl2N7O3S/c1-39(36,37)35-8-6-26(7-9-35)14-34(15-26)22-5-2-16(11-31-22)24-18-10-17(3-4-21(18)32-33-24)38-25(29)23-19(27)12-30-13-20(23)28/h2-5,10-13,25H,6-9,14-15,29H2,1H3,(H,32,33)/t25-/m0/s1. The van der Waals surface area contributed by atoms with E-state index in [0.717, 1.165) is 53.9 Å². The summed E-state index contributed by atoms with van der Waals surface area (Å²) in [6, 6.07) is 9.55. The maximum atomic E-state index is 11.8. The summed E-state index contributed by atoms with van der Waals surface area (Å²) in [5, 5.41) is 9.09.